The van der Waals surface area contributed by atoms with Crippen molar-refractivity contribution in [2.75, 3.05) is 7.11 Å². The zero-order chi connectivity index (χ0) is 29.3. The van der Waals surface area contributed by atoms with Crippen LogP contribution < -0.4 is 0 Å². The highest BCUT2D eigenvalue weighted by Crippen LogP contribution is 2.69. The summed E-state index contributed by atoms with van der Waals surface area (Å²) in [6.07, 6.45) is 15.3. The lowest BCUT2D eigenvalue weighted by Crippen LogP contribution is -2.57. The van der Waals surface area contributed by atoms with Crippen molar-refractivity contribution in [3.8, 4) is 0 Å². The summed E-state index contributed by atoms with van der Waals surface area (Å²) in [4.78, 5) is 12.8. The number of hydrogen-bond acceptors (Lipinski definition) is 2. The summed E-state index contributed by atoms with van der Waals surface area (Å²) in [5.41, 5.74) is 5.73. The second-order valence-corrected chi connectivity index (χ2v) is 12.7. The number of carbonyl (C=O) groups excluding carboxylic acids is 1. The molecule has 0 aromatic heterocycles. The first kappa shape index (κ1) is 35.0. The van der Waals surface area contributed by atoms with E-state index in [0.29, 0.717) is 22.7 Å². The number of methoxy groups -OCH3 is 1. The predicted molar refractivity (Wildman–Crippen MR) is 167 cm³/mol. The average Bonchev–Trinajstić information content (AvgIpc) is 3.29. The fraction of sp³-hybridized carbons (Fsp3) is 0.861. The Hall–Kier alpha value is -1.05. The molecule has 0 saturated heterocycles. The van der Waals surface area contributed by atoms with Gasteiger partial charge in [-0.25, -0.2) is 0 Å². The largest absolute Gasteiger partial charge is 0.469 e. The zero-order valence-corrected chi connectivity index (χ0v) is 27.9. The molecule has 222 valence electrons. The molecule has 2 nitrogen and oxygen atoms in total. The van der Waals surface area contributed by atoms with Gasteiger partial charge in [-0.2, -0.15) is 0 Å². The molecule has 0 heterocycles. The van der Waals surface area contributed by atoms with Gasteiger partial charge in [-0.15, -0.1) is 0 Å². The van der Waals surface area contributed by atoms with Gasteiger partial charge in [0.2, 0.25) is 0 Å². The highest BCUT2D eigenvalue weighted by atomic mass is 16.5. The Labute approximate surface area is 238 Å². The Morgan fingerprint density at radius 1 is 0.842 bits per heavy atom. The monoisotopic (exact) mass is 531 g/mol. The molecule has 8 unspecified atom stereocenters. The molecule has 0 radical (unpaired) electrons. The molecular weight excluding hydrogens is 464 g/mol. The molecule has 0 aliphatic heterocycles. The summed E-state index contributed by atoms with van der Waals surface area (Å²) in [5, 5.41) is 0. The highest BCUT2D eigenvalue weighted by Gasteiger charge is 2.62. The number of esters is 1. The molecule has 0 aromatic rings. The van der Waals surface area contributed by atoms with Gasteiger partial charge >= 0.3 is 5.97 Å². The maximum absolute atomic E-state index is 12.8. The minimum atomic E-state index is 0.0600. The van der Waals surface area contributed by atoms with Crippen LogP contribution in [0.5, 0.6) is 0 Å². The molecular formula is C36H66O2. The Balaban J connectivity index is 0.00000112. The number of fused-ring (bicyclic) bond motifs is 5. The average molecular weight is 531 g/mol. The SMILES string of the molecule is CC.CC.CC.COC(=O)C1C(C)CCC2(C)C1CCC1C2CCC2/C(=C(/C)CCC=C(C)C)CCC21C. The number of carbonyl (C=O) groups is 1. The Kier molecular flexibility index (Phi) is 14.4. The number of rotatable bonds is 4. The summed E-state index contributed by atoms with van der Waals surface area (Å²) in [7, 11) is 1.59. The molecule has 0 spiro atoms. The van der Waals surface area contributed by atoms with Crippen molar-refractivity contribution in [1.82, 2.24) is 0 Å². The van der Waals surface area contributed by atoms with Gasteiger partial charge in [-0.1, -0.05) is 85.1 Å². The van der Waals surface area contributed by atoms with Crippen molar-refractivity contribution in [2.24, 2.45) is 46.3 Å². The minimum Gasteiger partial charge on any atom is -0.469 e. The fourth-order valence-corrected chi connectivity index (χ4v) is 9.25. The van der Waals surface area contributed by atoms with E-state index in [1.54, 1.807) is 12.7 Å². The molecule has 0 amide bonds. The Morgan fingerprint density at radius 3 is 1.97 bits per heavy atom. The molecule has 4 aliphatic rings. The minimum absolute atomic E-state index is 0.0600. The van der Waals surface area contributed by atoms with E-state index in [-0.39, 0.29) is 11.9 Å². The molecule has 38 heavy (non-hydrogen) atoms. The Bertz CT molecular complexity index is 787. The van der Waals surface area contributed by atoms with E-state index >= 15 is 0 Å². The molecule has 0 aromatic carbocycles. The van der Waals surface area contributed by atoms with Gasteiger partial charge in [0.05, 0.1) is 13.0 Å². The van der Waals surface area contributed by atoms with Crippen molar-refractivity contribution in [2.45, 2.75) is 147 Å². The Morgan fingerprint density at radius 2 is 1.39 bits per heavy atom. The second-order valence-electron chi connectivity index (χ2n) is 12.7. The van der Waals surface area contributed by atoms with Crippen LogP contribution in [0.4, 0.5) is 0 Å². The normalized spacial score (nSPS) is 38.1. The maximum Gasteiger partial charge on any atom is 0.309 e. The van der Waals surface area contributed by atoms with E-state index in [1.807, 2.05) is 47.1 Å². The van der Waals surface area contributed by atoms with Crippen molar-refractivity contribution in [3.63, 3.8) is 0 Å². The van der Waals surface area contributed by atoms with Crippen LogP contribution in [0.3, 0.4) is 0 Å². The van der Waals surface area contributed by atoms with E-state index in [2.05, 4.69) is 47.6 Å². The summed E-state index contributed by atoms with van der Waals surface area (Å²) in [6, 6.07) is 0. The van der Waals surface area contributed by atoms with Crippen LogP contribution in [0.1, 0.15) is 147 Å². The third-order valence-electron chi connectivity index (χ3n) is 11.0. The molecule has 4 fully saturated rings. The van der Waals surface area contributed by atoms with Gasteiger partial charge in [0, 0.05) is 0 Å². The van der Waals surface area contributed by atoms with E-state index < -0.39 is 0 Å². The summed E-state index contributed by atoms with van der Waals surface area (Å²) >= 11 is 0. The third kappa shape index (κ3) is 6.80. The standard InChI is InChI=1S/C30H48O2.3C2H6/c1-19(2)9-8-10-20(3)22-16-18-29(5)23(22)11-12-25-24(29)13-14-26-27(28(31)32-7)21(4)15-17-30(25,26)6;3*1-2/h9,21,23-27H,8,10-18H2,1-7H3;3*1-2H3/b22-20-;;;. The van der Waals surface area contributed by atoms with Crippen LogP contribution >= 0.6 is 0 Å². The van der Waals surface area contributed by atoms with Crippen LogP contribution in [0.15, 0.2) is 22.8 Å². The summed E-state index contributed by atoms with van der Waals surface area (Å²) in [5.74, 6) is 3.57. The second kappa shape index (κ2) is 15.7. The zero-order valence-electron chi connectivity index (χ0n) is 27.9. The predicted octanol–water partition coefficient (Wildman–Crippen LogP) is 11.2. The third-order valence-corrected chi connectivity index (χ3v) is 11.0. The van der Waals surface area contributed by atoms with Gasteiger partial charge in [0.1, 0.15) is 0 Å². The topological polar surface area (TPSA) is 26.3 Å². The fourth-order valence-electron chi connectivity index (χ4n) is 9.25. The van der Waals surface area contributed by atoms with Crippen molar-refractivity contribution >= 4 is 5.97 Å². The molecule has 4 saturated carbocycles. The van der Waals surface area contributed by atoms with Gasteiger partial charge in [0.15, 0.2) is 0 Å². The van der Waals surface area contributed by atoms with E-state index in [0.717, 1.165) is 17.8 Å². The molecule has 8 atom stereocenters. The molecule has 0 N–H and O–H groups in total. The number of allylic oxidation sites excluding steroid dienone is 4. The summed E-state index contributed by atoms with van der Waals surface area (Å²) < 4.78 is 5.32. The van der Waals surface area contributed by atoms with Crippen LogP contribution in [0.25, 0.3) is 0 Å². The van der Waals surface area contributed by atoms with Crippen LogP contribution in [0, 0.1) is 46.3 Å². The van der Waals surface area contributed by atoms with Crippen LogP contribution in [-0.2, 0) is 9.53 Å². The van der Waals surface area contributed by atoms with Crippen molar-refractivity contribution in [1.29, 1.82) is 0 Å². The number of ether oxygens (including phenoxy) is 1. The van der Waals surface area contributed by atoms with Gasteiger partial charge < -0.3 is 4.74 Å². The lowest BCUT2D eigenvalue weighted by molar-refractivity contribution is -0.172. The van der Waals surface area contributed by atoms with Crippen LogP contribution in [0.2, 0.25) is 0 Å². The van der Waals surface area contributed by atoms with Gasteiger partial charge in [-0.3, -0.25) is 4.79 Å². The first-order valence-electron chi connectivity index (χ1n) is 16.5. The molecule has 0 bridgehead atoms. The molecule has 4 aliphatic carbocycles. The summed E-state index contributed by atoms with van der Waals surface area (Å²) in [6.45, 7) is 26.4. The smallest absolute Gasteiger partial charge is 0.309 e. The van der Waals surface area contributed by atoms with E-state index in [9.17, 15) is 4.79 Å². The first-order chi connectivity index (χ1) is 18.1. The van der Waals surface area contributed by atoms with Crippen LogP contribution in [-0.4, -0.2) is 13.1 Å². The van der Waals surface area contributed by atoms with E-state index in [4.69, 9.17) is 4.74 Å². The van der Waals surface area contributed by atoms with Gasteiger partial charge in [-0.05, 0) is 125 Å². The maximum atomic E-state index is 12.8. The number of hydrogen-bond donors (Lipinski definition) is 0. The molecule has 2 heteroatoms. The quantitative estimate of drug-likeness (QED) is 0.267. The first-order valence-corrected chi connectivity index (χ1v) is 16.5. The lowest BCUT2D eigenvalue weighted by atomic mass is 9.42. The van der Waals surface area contributed by atoms with Crippen molar-refractivity contribution < 1.29 is 9.53 Å². The van der Waals surface area contributed by atoms with E-state index in [1.165, 1.54) is 69.8 Å². The molecule has 4 rings (SSSR count). The lowest BCUT2D eigenvalue weighted by Gasteiger charge is -2.63. The van der Waals surface area contributed by atoms with Gasteiger partial charge in [0.25, 0.3) is 0 Å². The highest BCUT2D eigenvalue weighted by molar-refractivity contribution is 5.73. The van der Waals surface area contributed by atoms with Crippen molar-refractivity contribution in [3.05, 3.63) is 22.8 Å².